The molecule has 1 aromatic carbocycles. The Bertz CT molecular complexity index is 538. The van der Waals surface area contributed by atoms with E-state index in [1.54, 1.807) is 13.2 Å². The van der Waals surface area contributed by atoms with Crippen molar-refractivity contribution in [2.24, 2.45) is 5.92 Å². The van der Waals surface area contributed by atoms with Gasteiger partial charge in [0.05, 0.1) is 12.9 Å². The molecule has 0 heterocycles. The van der Waals surface area contributed by atoms with E-state index in [0.29, 0.717) is 18.1 Å². The Hall–Kier alpha value is -1.74. The first-order valence-electron chi connectivity index (χ1n) is 10.1. The molecule has 0 saturated carbocycles. The molecule has 1 aromatic rings. The number of ketones is 1. The molecule has 0 aliphatic heterocycles. The third kappa shape index (κ3) is 14.9. The fourth-order valence-electron chi connectivity index (χ4n) is 1.99. The number of halogens is 1. The average molecular weight is 427 g/mol. The van der Waals surface area contributed by atoms with Crippen molar-refractivity contribution in [2.45, 2.75) is 74.3 Å². The third-order valence-electron chi connectivity index (χ3n) is 3.79. The van der Waals surface area contributed by atoms with Crippen LogP contribution in [0.5, 0.6) is 5.75 Å². The SMILES string of the molecule is C.C=C.CCC.CCC(C)C(=O)/C(C)=C/OC(C)c1ccc(OCCCCl)cc1. The molecule has 0 fully saturated rings. The van der Waals surface area contributed by atoms with Gasteiger partial charge in [-0.3, -0.25) is 4.79 Å². The second-order valence-electron chi connectivity index (χ2n) is 6.42. The van der Waals surface area contributed by atoms with Crippen LogP contribution in [0.2, 0.25) is 0 Å². The van der Waals surface area contributed by atoms with Crippen LogP contribution in [0.15, 0.2) is 49.3 Å². The van der Waals surface area contributed by atoms with Crippen LogP contribution in [0, 0.1) is 5.92 Å². The Kier molecular flexibility index (Phi) is 23.1. The second-order valence-corrected chi connectivity index (χ2v) is 6.80. The average Bonchev–Trinajstić information content (AvgIpc) is 2.73. The predicted molar refractivity (Wildman–Crippen MR) is 129 cm³/mol. The summed E-state index contributed by atoms with van der Waals surface area (Å²) < 4.78 is 11.3. The number of carbonyl (C=O) groups is 1. The summed E-state index contributed by atoms with van der Waals surface area (Å²) >= 11 is 5.62. The zero-order chi connectivity index (χ0) is 21.9. The quantitative estimate of drug-likeness (QED) is 0.124. The van der Waals surface area contributed by atoms with Gasteiger partial charge in [0.15, 0.2) is 5.78 Å². The van der Waals surface area contributed by atoms with Gasteiger partial charge in [-0.1, -0.05) is 53.7 Å². The molecule has 2 atom stereocenters. The van der Waals surface area contributed by atoms with Crippen molar-refractivity contribution >= 4 is 17.4 Å². The van der Waals surface area contributed by atoms with E-state index in [1.807, 2.05) is 45.0 Å². The van der Waals surface area contributed by atoms with Crippen LogP contribution in [0.25, 0.3) is 0 Å². The van der Waals surface area contributed by atoms with Crippen LogP contribution >= 0.6 is 11.6 Å². The molecule has 0 aliphatic carbocycles. The zero-order valence-electron chi connectivity index (χ0n) is 18.6. The Balaban J connectivity index is -0.00000103. The number of hydrogen-bond acceptors (Lipinski definition) is 3. The molecule has 0 bridgehead atoms. The molecule has 4 heteroatoms. The maximum atomic E-state index is 12.0. The number of Topliss-reactive ketones (excluding diaryl/α,β-unsaturated/α-hetero) is 1. The van der Waals surface area contributed by atoms with Gasteiger partial charge in [-0.25, -0.2) is 0 Å². The zero-order valence-corrected chi connectivity index (χ0v) is 19.3. The van der Waals surface area contributed by atoms with Gasteiger partial charge in [0.1, 0.15) is 11.9 Å². The molecule has 3 nitrogen and oxygen atoms in total. The van der Waals surface area contributed by atoms with Crippen LogP contribution in [-0.4, -0.2) is 18.3 Å². The lowest BCUT2D eigenvalue weighted by Crippen LogP contribution is -2.11. The molecule has 0 spiro atoms. The first-order valence-corrected chi connectivity index (χ1v) is 10.6. The molecule has 0 N–H and O–H groups in total. The molecule has 0 radical (unpaired) electrons. The molecule has 29 heavy (non-hydrogen) atoms. The summed E-state index contributed by atoms with van der Waals surface area (Å²) in [5.74, 6) is 1.60. The van der Waals surface area contributed by atoms with Gasteiger partial charge in [0.25, 0.3) is 0 Å². The Morgan fingerprint density at radius 2 is 1.66 bits per heavy atom. The van der Waals surface area contributed by atoms with E-state index in [9.17, 15) is 4.79 Å². The van der Waals surface area contributed by atoms with Gasteiger partial charge in [-0.2, -0.15) is 0 Å². The minimum Gasteiger partial charge on any atom is -0.494 e. The summed E-state index contributed by atoms with van der Waals surface area (Å²) in [6, 6.07) is 7.79. The summed E-state index contributed by atoms with van der Waals surface area (Å²) in [4.78, 5) is 12.0. The normalized spacial score (nSPS) is 12.0. The van der Waals surface area contributed by atoms with Crippen LogP contribution in [0.1, 0.15) is 79.9 Å². The van der Waals surface area contributed by atoms with E-state index in [0.717, 1.165) is 24.2 Å². The highest BCUT2D eigenvalue weighted by Gasteiger charge is 2.13. The standard InChI is InChI=1S/C19H27ClO3.C3H8.C2H4.CH4/c1-5-14(2)19(21)15(3)13-23-16(4)17-7-9-18(10-8-17)22-12-6-11-20;1-3-2;1-2;/h7-10,13-14,16H,5-6,11-12H2,1-4H3;3H2,1-2H3;1-2H2;1H4/b15-13+;;;. The van der Waals surface area contributed by atoms with E-state index in [4.69, 9.17) is 21.1 Å². The number of alkyl halides is 1. The minimum absolute atomic E-state index is 0. The highest BCUT2D eigenvalue weighted by Crippen LogP contribution is 2.21. The Labute approximate surface area is 185 Å². The van der Waals surface area contributed by atoms with E-state index in [1.165, 1.54) is 6.42 Å². The Morgan fingerprint density at radius 3 is 2.10 bits per heavy atom. The van der Waals surface area contributed by atoms with Crippen LogP contribution in [-0.2, 0) is 9.53 Å². The Morgan fingerprint density at radius 1 is 1.14 bits per heavy atom. The number of allylic oxidation sites excluding steroid dienone is 1. The van der Waals surface area contributed by atoms with Crippen molar-refractivity contribution in [3.63, 3.8) is 0 Å². The van der Waals surface area contributed by atoms with E-state index in [2.05, 4.69) is 27.0 Å². The monoisotopic (exact) mass is 426 g/mol. The van der Waals surface area contributed by atoms with Crippen molar-refractivity contribution in [3.05, 3.63) is 54.8 Å². The smallest absolute Gasteiger partial charge is 0.164 e. The molecule has 0 saturated heterocycles. The molecular weight excluding hydrogens is 384 g/mol. The minimum atomic E-state index is -0.119. The summed E-state index contributed by atoms with van der Waals surface area (Å²) in [6.45, 7) is 18.6. The van der Waals surface area contributed by atoms with Crippen LogP contribution < -0.4 is 4.74 Å². The van der Waals surface area contributed by atoms with Gasteiger partial charge in [-0.15, -0.1) is 24.8 Å². The third-order valence-corrected chi connectivity index (χ3v) is 4.06. The van der Waals surface area contributed by atoms with Gasteiger partial charge in [0, 0.05) is 17.4 Å². The molecule has 0 amide bonds. The first kappa shape index (κ1) is 31.9. The highest BCUT2D eigenvalue weighted by atomic mass is 35.5. The summed E-state index contributed by atoms with van der Waals surface area (Å²) in [5.41, 5.74) is 1.70. The largest absolute Gasteiger partial charge is 0.494 e. The predicted octanol–water partition coefficient (Wildman–Crippen LogP) is 8.15. The van der Waals surface area contributed by atoms with Crippen molar-refractivity contribution in [1.82, 2.24) is 0 Å². The number of rotatable bonds is 10. The van der Waals surface area contributed by atoms with Crippen LogP contribution in [0.3, 0.4) is 0 Å². The number of benzene rings is 1. The first-order chi connectivity index (χ1) is 13.4. The number of hydrogen-bond donors (Lipinski definition) is 0. The summed E-state index contributed by atoms with van der Waals surface area (Å²) in [5, 5.41) is 0. The molecule has 1 rings (SSSR count). The van der Waals surface area contributed by atoms with Crippen LogP contribution in [0.4, 0.5) is 0 Å². The van der Waals surface area contributed by atoms with Gasteiger partial charge in [0.2, 0.25) is 0 Å². The van der Waals surface area contributed by atoms with E-state index >= 15 is 0 Å². The molecule has 0 aromatic heterocycles. The molecule has 0 aliphatic rings. The topological polar surface area (TPSA) is 35.5 Å². The van der Waals surface area contributed by atoms with Gasteiger partial charge < -0.3 is 9.47 Å². The fraction of sp³-hybridized carbons (Fsp3) is 0.560. The lowest BCUT2D eigenvalue weighted by Gasteiger charge is -2.14. The summed E-state index contributed by atoms with van der Waals surface area (Å²) in [7, 11) is 0. The maximum Gasteiger partial charge on any atom is 0.164 e. The van der Waals surface area contributed by atoms with Crippen molar-refractivity contribution < 1.29 is 14.3 Å². The maximum absolute atomic E-state index is 12.0. The number of carbonyl (C=O) groups excluding carboxylic acids is 1. The van der Waals surface area contributed by atoms with Crippen molar-refractivity contribution in [2.75, 3.05) is 12.5 Å². The second kappa shape index (κ2) is 21.0. The number of ether oxygens (including phenoxy) is 2. The lowest BCUT2D eigenvalue weighted by atomic mass is 9.99. The lowest BCUT2D eigenvalue weighted by molar-refractivity contribution is -0.118. The van der Waals surface area contributed by atoms with E-state index in [-0.39, 0.29) is 25.2 Å². The molecule has 2 unspecified atom stereocenters. The van der Waals surface area contributed by atoms with Gasteiger partial charge in [-0.05, 0) is 44.4 Å². The fourth-order valence-corrected chi connectivity index (χ4v) is 2.10. The molecule has 168 valence electrons. The highest BCUT2D eigenvalue weighted by molar-refractivity contribution is 6.17. The van der Waals surface area contributed by atoms with E-state index < -0.39 is 0 Å². The van der Waals surface area contributed by atoms with Crippen molar-refractivity contribution in [1.29, 1.82) is 0 Å². The summed E-state index contributed by atoms with van der Waals surface area (Å²) in [6.07, 6.45) is 4.37. The van der Waals surface area contributed by atoms with Gasteiger partial charge >= 0.3 is 0 Å². The van der Waals surface area contributed by atoms with Crippen molar-refractivity contribution in [3.8, 4) is 5.75 Å². The molecular formula is C25H43ClO3.